The van der Waals surface area contributed by atoms with Crippen molar-refractivity contribution in [2.45, 2.75) is 57.2 Å². The first kappa shape index (κ1) is 25.8. The van der Waals surface area contributed by atoms with Gasteiger partial charge in [0.25, 0.3) is 10.2 Å². The number of piperidine rings is 2. The zero-order chi connectivity index (χ0) is 27.3. The Morgan fingerprint density at radius 3 is 2.56 bits per heavy atom. The third-order valence-corrected chi connectivity index (χ3v) is 10.3. The molecule has 6 rings (SSSR count). The highest BCUT2D eigenvalue weighted by atomic mass is 32.2. The molecule has 3 aliphatic heterocycles. The minimum absolute atomic E-state index is 0.0820. The number of hydrogen-bond acceptors (Lipinski definition) is 9. The fourth-order valence-electron chi connectivity index (χ4n) is 6.09. The van der Waals surface area contributed by atoms with Crippen LogP contribution < -0.4 is 15.0 Å². The molecule has 13 heteroatoms. The van der Waals surface area contributed by atoms with E-state index in [-0.39, 0.29) is 37.1 Å². The van der Waals surface area contributed by atoms with Crippen LogP contribution in [0.25, 0.3) is 10.9 Å². The van der Waals surface area contributed by atoms with Gasteiger partial charge in [-0.05, 0) is 44.7 Å². The van der Waals surface area contributed by atoms with Crippen molar-refractivity contribution in [2.75, 3.05) is 37.5 Å². The molecule has 3 fully saturated rings. The van der Waals surface area contributed by atoms with Gasteiger partial charge in [-0.15, -0.1) is 0 Å². The number of methoxy groups -OCH3 is 1. The summed E-state index contributed by atoms with van der Waals surface area (Å²) in [6.07, 6.45) is 4.07. The minimum atomic E-state index is -3.59. The molecular formula is C26H33N9O3S. The van der Waals surface area contributed by atoms with Crippen molar-refractivity contribution in [2.24, 2.45) is 5.92 Å². The van der Waals surface area contributed by atoms with Crippen molar-refractivity contribution in [3.05, 3.63) is 30.0 Å². The Hall–Kier alpha value is -3.47. The first-order valence-corrected chi connectivity index (χ1v) is 14.7. The van der Waals surface area contributed by atoms with Crippen LogP contribution in [0.5, 0.6) is 5.75 Å². The number of rotatable bonds is 7. The van der Waals surface area contributed by atoms with Crippen molar-refractivity contribution in [1.29, 1.82) is 5.26 Å². The predicted octanol–water partition coefficient (Wildman–Crippen LogP) is 2.94. The van der Waals surface area contributed by atoms with Crippen LogP contribution in [-0.4, -0.2) is 82.6 Å². The van der Waals surface area contributed by atoms with Crippen LogP contribution in [0.3, 0.4) is 0 Å². The Kier molecular flexibility index (Phi) is 6.57. The lowest BCUT2D eigenvalue weighted by atomic mass is 9.83. The van der Waals surface area contributed by atoms with E-state index in [1.54, 1.807) is 11.4 Å². The molecule has 0 radical (unpaired) electrons. The van der Waals surface area contributed by atoms with Crippen LogP contribution in [0.4, 0.5) is 17.6 Å². The molecular weight excluding hydrogens is 518 g/mol. The van der Waals surface area contributed by atoms with E-state index in [0.29, 0.717) is 36.2 Å². The lowest BCUT2D eigenvalue weighted by Crippen LogP contribution is -2.64. The molecule has 2 bridgehead atoms. The molecule has 2 N–H and O–H groups in total. The number of nitrogens with zero attached hydrogens (tertiary/aromatic N) is 7. The van der Waals surface area contributed by atoms with Crippen LogP contribution >= 0.6 is 0 Å². The molecule has 3 saturated heterocycles. The summed E-state index contributed by atoms with van der Waals surface area (Å²) < 4.78 is 35.6. The van der Waals surface area contributed by atoms with Crippen LogP contribution in [0.15, 0.2) is 24.3 Å². The highest BCUT2D eigenvalue weighted by Crippen LogP contribution is 2.40. The molecule has 3 aliphatic rings. The highest BCUT2D eigenvalue weighted by molar-refractivity contribution is 7.86. The summed E-state index contributed by atoms with van der Waals surface area (Å²) in [5.74, 6) is 2.36. The van der Waals surface area contributed by atoms with E-state index in [0.717, 1.165) is 35.9 Å². The Balaban J connectivity index is 1.29. The normalized spacial score (nSPS) is 24.2. The Morgan fingerprint density at radius 1 is 1.18 bits per heavy atom. The molecule has 12 nitrogen and oxygen atoms in total. The summed E-state index contributed by atoms with van der Waals surface area (Å²) in [4.78, 5) is 11.9. The molecule has 5 heterocycles. The number of aryl methyl sites for hydroxylation is 1. The number of benzene rings is 1. The van der Waals surface area contributed by atoms with E-state index in [2.05, 4.69) is 26.5 Å². The van der Waals surface area contributed by atoms with Gasteiger partial charge in [-0.2, -0.15) is 32.4 Å². The molecule has 0 saturated carbocycles. The van der Waals surface area contributed by atoms with Gasteiger partial charge in [0.1, 0.15) is 11.6 Å². The van der Waals surface area contributed by atoms with Crippen molar-refractivity contribution in [3.63, 3.8) is 0 Å². The molecule has 39 heavy (non-hydrogen) atoms. The van der Waals surface area contributed by atoms with Crippen molar-refractivity contribution in [1.82, 2.24) is 28.8 Å². The van der Waals surface area contributed by atoms with Crippen LogP contribution in [0, 0.1) is 24.2 Å². The number of ether oxygens (including phenoxy) is 1. The fraction of sp³-hybridized carbons (Fsp3) is 0.538. The number of aromatic nitrogens is 4. The molecule has 0 unspecified atom stereocenters. The third-order valence-electron chi connectivity index (χ3n) is 8.21. The van der Waals surface area contributed by atoms with Crippen LogP contribution in [-0.2, 0) is 10.2 Å². The number of H-pyrrole nitrogens is 1. The second-order valence-corrected chi connectivity index (χ2v) is 12.6. The second kappa shape index (κ2) is 9.93. The zero-order valence-corrected chi connectivity index (χ0v) is 23.1. The van der Waals surface area contributed by atoms with E-state index in [4.69, 9.17) is 20.0 Å². The second-order valence-electron chi connectivity index (χ2n) is 10.8. The fourth-order valence-corrected chi connectivity index (χ4v) is 8.23. The van der Waals surface area contributed by atoms with E-state index in [1.165, 1.54) is 4.31 Å². The monoisotopic (exact) mass is 551 g/mol. The molecule has 2 aromatic heterocycles. The first-order chi connectivity index (χ1) is 18.8. The Labute approximate surface area is 228 Å². The summed E-state index contributed by atoms with van der Waals surface area (Å²) in [6, 6.07) is 9.70. The van der Waals surface area contributed by atoms with Gasteiger partial charge in [0.15, 0.2) is 5.82 Å². The molecule has 1 aromatic carbocycles. The number of hydrogen-bond donors (Lipinski definition) is 2. The van der Waals surface area contributed by atoms with Gasteiger partial charge < -0.3 is 15.0 Å². The summed E-state index contributed by atoms with van der Waals surface area (Å²) in [5.41, 5.74) is 1.68. The summed E-state index contributed by atoms with van der Waals surface area (Å²) in [7, 11) is 0.0295. The summed E-state index contributed by atoms with van der Waals surface area (Å²) in [5, 5.41) is 20.5. The van der Waals surface area contributed by atoms with Crippen molar-refractivity contribution < 1.29 is 13.2 Å². The molecule has 3 atom stereocenters. The van der Waals surface area contributed by atoms with Gasteiger partial charge in [0.2, 0.25) is 5.95 Å². The first-order valence-electron chi connectivity index (χ1n) is 13.3. The SMILES string of the molecule is COc1ccc2c(Nc3cc(C)[nH]n3)nc(N(C)[C@@H]3C[C@H]4CCC[C@@H](C3)N4S(=O)(=O)N3CC(C#N)C3)nc2c1. The quantitative estimate of drug-likeness (QED) is 0.453. The predicted molar refractivity (Wildman–Crippen MR) is 147 cm³/mol. The number of anilines is 3. The van der Waals surface area contributed by atoms with Gasteiger partial charge in [-0.3, -0.25) is 5.10 Å². The molecule has 0 spiro atoms. The van der Waals surface area contributed by atoms with Crippen molar-refractivity contribution >= 4 is 38.7 Å². The average molecular weight is 552 g/mol. The third kappa shape index (κ3) is 4.66. The van der Waals surface area contributed by atoms with E-state index >= 15 is 0 Å². The molecule has 206 valence electrons. The highest BCUT2D eigenvalue weighted by Gasteiger charge is 2.50. The number of nitrogens with one attached hydrogen (secondary N) is 2. The largest absolute Gasteiger partial charge is 0.497 e. The number of fused-ring (bicyclic) bond motifs is 3. The smallest absolute Gasteiger partial charge is 0.282 e. The zero-order valence-electron chi connectivity index (χ0n) is 22.3. The molecule has 0 aliphatic carbocycles. The van der Waals surface area contributed by atoms with Gasteiger partial charge >= 0.3 is 0 Å². The molecule has 3 aromatic rings. The number of aromatic amines is 1. The lowest BCUT2D eigenvalue weighted by Gasteiger charge is -2.51. The summed E-state index contributed by atoms with van der Waals surface area (Å²) >= 11 is 0. The van der Waals surface area contributed by atoms with E-state index in [1.807, 2.05) is 38.2 Å². The van der Waals surface area contributed by atoms with Gasteiger partial charge in [-0.1, -0.05) is 6.42 Å². The summed E-state index contributed by atoms with van der Waals surface area (Å²) in [6.45, 7) is 2.52. The van der Waals surface area contributed by atoms with E-state index < -0.39 is 10.2 Å². The van der Waals surface area contributed by atoms with E-state index in [9.17, 15) is 8.42 Å². The van der Waals surface area contributed by atoms with Crippen molar-refractivity contribution in [3.8, 4) is 11.8 Å². The maximum Gasteiger partial charge on any atom is 0.282 e. The van der Waals surface area contributed by atoms with Gasteiger partial charge in [-0.25, -0.2) is 4.98 Å². The standard InChI is InChI=1S/C26H33N9O3S/c1-16-9-24(32-31-16)29-25-22-8-7-21(38-3)12-23(22)28-26(30-25)33(2)20-10-18-5-4-6-19(11-20)35(18)39(36,37)34-14-17(13-27)15-34/h7-9,12,17-20H,4-6,10-11,14-15H2,1-3H3,(H2,28,29,30,31,32)/t18-,19+,20-. The van der Waals surface area contributed by atoms with Crippen LogP contribution in [0.2, 0.25) is 0 Å². The minimum Gasteiger partial charge on any atom is -0.497 e. The number of nitriles is 1. The van der Waals surface area contributed by atoms with Crippen LogP contribution in [0.1, 0.15) is 37.8 Å². The lowest BCUT2D eigenvalue weighted by molar-refractivity contribution is 0.0930. The Bertz CT molecular complexity index is 1520. The van der Waals surface area contributed by atoms with Gasteiger partial charge in [0, 0.05) is 61.5 Å². The average Bonchev–Trinajstić information content (AvgIpc) is 3.30. The Morgan fingerprint density at radius 2 is 1.92 bits per heavy atom. The maximum absolute atomic E-state index is 13.5. The molecule has 0 amide bonds. The topological polar surface area (TPSA) is 143 Å². The maximum atomic E-state index is 13.5. The van der Waals surface area contributed by atoms with Gasteiger partial charge in [0.05, 0.1) is 24.6 Å².